The molecule has 0 amide bonds. The summed E-state index contributed by atoms with van der Waals surface area (Å²) in [5, 5.41) is 2.45. The number of rotatable bonds is 5. The summed E-state index contributed by atoms with van der Waals surface area (Å²) in [7, 11) is 0. The van der Waals surface area contributed by atoms with Crippen molar-refractivity contribution in [1.82, 2.24) is 24.9 Å². The fraction of sp³-hybridized carbons (Fsp3) is 0. The molecule has 0 N–H and O–H groups in total. The number of benzene rings is 5. The minimum absolute atomic E-state index is 0.0888. The van der Waals surface area contributed by atoms with Crippen molar-refractivity contribution in [3.63, 3.8) is 0 Å². The monoisotopic (exact) mass is 617 g/mol. The summed E-state index contributed by atoms with van der Waals surface area (Å²) in [5.41, 5.74) is 7.03. The predicted molar refractivity (Wildman–Crippen MR) is 175 cm³/mol. The fourth-order valence-corrected chi connectivity index (χ4v) is 7.73. The van der Waals surface area contributed by atoms with Gasteiger partial charge in [0.25, 0.3) is 0 Å². The molecule has 5 nitrogen and oxygen atoms in total. The molecule has 3 heterocycles. The zero-order valence-electron chi connectivity index (χ0n) is 22.9. The number of pyridine rings is 1. The second-order valence-electron chi connectivity index (χ2n) is 10.2. The van der Waals surface area contributed by atoms with Gasteiger partial charge in [-0.1, -0.05) is 12.1 Å². The molecule has 8 rings (SSSR count). The van der Waals surface area contributed by atoms with Gasteiger partial charge in [-0.05, 0) is 0 Å². The van der Waals surface area contributed by atoms with Crippen molar-refractivity contribution in [3.8, 4) is 55.6 Å². The van der Waals surface area contributed by atoms with Gasteiger partial charge in [0.05, 0.1) is 0 Å². The average molecular weight is 617 g/mol. The molecule has 0 aliphatic rings. The zero-order valence-corrected chi connectivity index (χ0v) is 24.6. The summed E-state index contributed by atoms with van der Waals surface area (Å²) >= 11 is 0.0888. The van der Waals surface area contributed by atoms with E-state index >= 15 is 0 Å². The fourth-order valence-electron chi connectivity index (χ4n) is 5.34. The molecule has 0 fully saturated rings. The quantitative estimate of drug-likeness (QED) is 0.182. The molecule has 6 heteroatoms. The second-order valence-corrected chi connectivity index (χ2v) is 12.3. The van der Waals surface area contributed by atoms with Crippen LogP contribution in [0.15, 0.2) is 140 Å². The summed E-state index contributed by atoms with van der Waals surface area (Å²) in [6.45, 7) is 0. The molecule has 5 aromatic carbocycles. The van der Waals surface area contributed by atoms with E-state index in [2.05, 4.69) is 66.7 Å². The molecule has 0 radical (unpaired) electrons. The van der Waals surface area contributed by atoms with Gasteiger partial charge in [-0.25, -0.2) is 0 Å². The van der Waals surface area contributed by atoms with E-state index < -0.39 is 0 Å². The van der Waals surface area contributed by atoms with E-state index in [0.717, 1.165) is 32.3 Å². The molecule has 0 saturated carbocycles. The molecule has 0 atom stereocenters. The Morgan fingerprint density at radius 2 is 1.09 bits per heavy atom. The van der Waals surface area contributed by atoms with Gasteiger partial charge in [0.1, 0.15) is 0 Å². The van der Waals surface area contributed by atoms with Gasteiger partial charge < -0.3 is 0 Å². The van der Waals surface area contributed by atoms with Crippen LogP contribution in [0.1, 0.15) is 0 Å². The standard InChI is InChI=1S/C37H23N5Se/c1-4-11-25(12-5-1)34-40-35(26-13-6-2-7-14-26)42-36(41-34)31-23-28(21-22-38-31)29-18-10-17-24-19-20-30-33(32(24)29)43-37(39-30)27-15-8-3-9-16-27/h1-23H. The maximum absolute atomic E-state index is 5.05. The molecule has 0 aliphatic carbocycles. The van der Waals surface area contributed by atoms with E-state index in [9.17, 15) is 0 Å². The Morgan fingerprint density at radius 3 is 1.77 bits per heavy atom. The molecular formula is C37H23N5Se. The Balaban J connectivity index is 1.29. The first kappa shape index (κ1) is 25.4. The summed E-state index contributed by atoms with van der Waals surface area (Å²) < 4.78 is 2.48. The average Bonchev–Trinajstić information content (AvgIpc) is 3.54. The third-order valence-corrected chi connectivity index (χ3v) is 9.81. The van der Waals surface area contributed by atoms with Gasteiger partial charge in [-0.3, -0.25) is 0 Å². The minimum atomic E-state index is 0.0888. The number of nitrogens with zero attached hydrogens (tertiary/aromatic N) is 5. The third kappa shape index (κ3) is 4.83. The topological polar surface area (TPSA) is 64.5 Å². The first-order valence-corrected chi connectivity index (χ1v) is 15.7. The van der Waals surface area contributed by atoms with Crippen molar-refractivity contribution < 1.29 is 0 Å². The van der Waals surface area contributed by atoms with E-state index in [1.807, 2.05) is 72.9 Å². The van der Waals surface area contributed by atoms with Crippen molar-refractivity contribution in [3.05, 3.63) is 140 Å². The first-order chi connectivity index (χ1) is 21.3. The molecular weight excluding hydrogens is 593 g/mol. The Labute approximate surface area is 254 Å². The van der Waals surface area contributed by atoms with Crippen molar-refractivity contribution in [1.29, 1.82) is 0 Å². The van der Waals surface area contributed by atoms with Crippen molar-refractivity contribution >= 4 is 35.1 Å². The molecule has 43 heavy (non-hydrogen) atoms. The van der Waals surface area contributed by atoms with Gasteiger partial charge in [0.15, 0.2) is 0 Å². The molecule has 3 aromatic heterocycles. The van der Waals surface area contributed by atoms with E-state index in [1.54, 1.807) is 0 Å². The summed E-state index contributed by atoms with van der Waals surface area (Å²) in [6.07, 6.45) is 1.85. The summed E-state index contributed by atoms with van der Waals surface area (Å²) in [5.74, 6) is 1.78. The third-order valence-electron chi connectivity index (χ3n) is 7.42. The number of fused-ring (bicyclic) bond motifs is 3. The molecule has 0 aliphatic heterocycles. The predicted octanol–water partition coefficient (Wildman–Crippen LogP) is 8.36. The number of aromatic nitrogens is 5. The molecule has 0 bridgehead atoms. The van der Waals surface area contributed by atoms with Gasteiger partial charge in [0.2, 0.25) is 0 Å². The van der Waals surface area contributed by atoms with Crippen molar-refractivity contribution in [2.45, 2.75) is 0 Å². The Hall–Kier alpha value is -5.29. The van der Waals surface area contributed by atoms with Crippen LogP contribution in [-0.4, -0.2) is 39.4 Å². The number of hydrogen-bond donors (Lipinski definition) is 0. The van der Waals surface area contributed by atoms with Crippen LogP contribution in [0.25, 0.3) is 76.1 Å². The van der Waals surface area contributed by atoms with Crippen LogP contribution in [0.5, 0.6) is 0 Å². The SMILES string of the molecule is c1ccc(-c2nc(-c3ccccc3)nc(-c3cc(-c4cccc5ccc6nc(-c7ccccc7)[se]c6c45)ccn3)n2)cc1. The van der Waals surface area contributed by atoms with Crippen LogP contribution >= 0.6 is 0 Å². The van der Waals surface area contributed by atoms with Crippen LogP contribution in [0, 0.1) is 0 Å². The van der Waals surface area contributed by atoms with Gasteiger partial charge in [-0.15, -0.1) is 0 Å². The van der Waals surface area contributed by atoms with Crippen LogP contribution in [-0.2, 0) is 0 Å². The molecule has 0 unspecified atom stereocenters. The molecule has 202 valence electrons. The van der Waals surface area contributed by atoms with Crippen molar-refractivity contribution in [2.24, 2.45) is 0 Å². The normalized spacial score (nSPS) is 11.3. The van der Waals surface area contributed by atoms with E-state index in [1.165, 1.54) is 20.6 Å². The summed E-state index contributed by atoms with van der Waals surface area (Å²) in [4.78, 5) is 24.4. The summed E-state index contributed by atoms with van der Waals surface area (Å²) in [6, 6.07) is 45.5. The van der Waals surface area contributed by atoms with E-state index in [-0.39, 0.29) is 14.5 Å². The zero-order chi connectivity index (χ0) is 28.6. The van der Waals surface area contributed by atoms with Crippen molar-refractivity contribution in [2.75, 3.05) is 0 Å². The van der Waals surface area contributed by atoms with Crippen LogP contribution in [0.3, 0.4) is 0 Å². The van der Waals surface area contributed by atoms with Gasteiger partial charge >= 0.3 is 243 Å². The Morgan fingerprint density at radius 1 is 0.465 bits per heavy atom. The van der Waals surface area contributed by atoms with Gasteiger partial charge in [-0.2, -0.15) is 0 Å². The first-order valence-electron chi connectivity index (χ1n) is 14.0. The van der Waals surface area contributed by atoms with Gasteiger partial charge in [0, 0.05) is 0 Å². The second kappa shape index (κ2) is 10.8. The van der Waals surface area contributed by atoms with Crippen LogP contribution < -0.4 is 0 Å². The van der Waals surface area contributed by atoms with E-state index in [0.29, 0.717) is 23.2 Å². The Kier molecular flexibility index (Phi) is 6.41. The molecule has 0 saturated heterocycles. The van der Waals surface area contributed by atoms with E-state index in [4.69, 9.17) is 24.9 Å². The molecule has 8 aromatic rings. The maximum atomic E-state index is 5.05. The number of hydrogen-bond acceptors (Lipinski definition) is 5. The van der Waals surface area contributed by atoms with Crippen LogP contribution in [0.4, 0.5) is 0 Å². The van der Waals surface area contributed by atoms with Crippen LogP contribution in [0.2, 0.25) is 0 Å². The molecule has 0 spiro atoms. The Bertz CT molecular complexity index is 2170.